The second-order valence-electron chi connectivity index (χ2n) is 9.00. The summed E-state index contributed by atoms with van der Waals surface area (Å²) in [4.78, 5) is 19.5. The van der Waals surface area contributed by atoms with E-state index in [0.717, 1.165) is 61.9 Å². The number of fused-ring (bicyclic) bond motifs is 1. The van der Waals surface area contributed by atoms with Crippen molar-refractivity contribution in [2.45, 2.75) is 38.6 Å². The summed E-state index contributed by atoms with van der Waals surface area (Å²) in [6, 6.07) is 11.8. The van der Waals surface area contributed by atoms with Gasteiger partial charge in [0.25, 0.3) is 5.91 Å². The fraction of sp³-hybridized carbons (Fsp3) is 0.444. The van der Waals surface area contributed by atoms with Crippen LogP contribution in [0, 0.1) is 0 Å². The van der Waals surface area contributed by atoms with Crippen LogP contribution in [0.5, 0.6) is 5.75 Å². The van der Waals surface area contributed by atoms with Crippen LogP contribution in [0.2, 0.25) is 0 Å². The number of anilines is 1. The molecule has 1 atom stereocenters. The average molecular weight is 480 g/mol. The number of para-hydroxylation sites is 1. The number of amides is 1. The van der Waals surface area contributed by atoms with Gasteiger partial charge in [-0.1, -0.05) is 25.1 Å². The number of piperazine rings is 1. The third kappa shape index (κ3) is 4.52. The Morgan fingerprint density at radius 2 is 1.91 bits per heavy atom. The Kier molecular flexibility index (Phi) is 7.04. The van der Waals surface area contributed by atoms with Crippen LogP contribution in [-0.2, 0) is 12.8 Å². The second kappa shape index (κ2) is 10.3. The van der Waals surface area contributed by atoms with Crippen LogP contribution in [-0.4, -0.2) is 55.5 Å². The molecule has 1 unspecified atom stereocenters. The first-order valence-corrected chi connectivity index (χ1v) is 13.1. The normalized spacial score (nSPS) is 17.8. The minimum Gasteiger partial charge on any atom is -0.496 e. The van der Waals surface area contributed by atoms with E-state index in [0.29, 0.717) is 5.76 Å². The Labute approximate surface area is 205 Å². The molecule has 1 saturated heterocycles. The SMILES string of the molecule is CCN1CCN(C(c2ccccc2OC)c2c(NC(=O)c3ccco3)sc3c2CCCC3)CC1. The number of carbonyl (C=O) groups is 1. The molecule has 1 amide bonds. The molecule has 1 aliphatic heterocycles. The summed E-state index contributed by atoms with van der Waals surface area (Å²) in [5.41, 5.74) is 3.82. The predicted octanol–water partition coefficient (Wildman–Crippen LogP) is 5.21. The van der Waals surface area contributed by atoms with Gasteiger partial charge in [-0.15, -0.1) is 11.3 Å². The van der Waals surface area contributed by atoms with Crippen molar-refractivity contribution in [1.29, 1.82) is 0 Å². The number of aryl methyl sites for hydroxylation is 1. The fourth-order valence-corrected chi connectivity index (χ4v) is 6.63. The monoisotopic (exact) mass is 479 g/mol. The van der Waals surface area contributed by atoms with Gasteiger partial charge in [-0.05, 0) is 56.0 Å². The van der Waals surface area contributed by atoms with E-state index in [4.69, 9.17) is 9.15 Å². The van der Waals surface area contributed by atoms with Crippen molar-refractivity contribution in [1.82, 2.24) is 9.80 Å². The number of hydrogen-bond acceptors (Lipinski definition) is 6. The van der Waals surface area contributed by atoms with E-state index in [9.17, 15) is 4.79 Å². The lowest BCUT2D eigenvalue weighted by molar-refractivity contribution is 0.0995. The Morgan fingerprint density at radius 1 is 1.12 bits per heavy atom. The zero-order valence-corrected chi connectivity index (χ0v) is 20.8. The van der Waals surface area contributed by atoms with Crippen LogP contribution in [0.4, 0.5) is 5.00 Å². The van der Waals surface area contributed by atoms with Crippen molar-refractivity contribution in [3.63, 3.8) is 0 Å². The quantitative estimate of drug-likeness (QED) is 0.504. The molecule has 1 fully saturated rings. The number of thiophene rings is 1. The molecule has 7 heteroatoms. The number of benzene rings is 1. The molecule has 1 aliphatic carbocycles. The van der Waals surface area contributed by atoms with E-state index < -0.39 is 0 Å². The Hall–Kier alpha value is -2.61. The zero-order chi connectivity index (χ0) is 23.5. The highest BCUT2D eigenvalue weighted by Crippen LogP contribution is 2.47. The first-order chi connectivity index (χ1) is 16.7. The van der Waals surface area contributed by atoms with E-state index in [1.807, 2.05) is 12.1 Å². The van der Waals surface area contributed by atoms with E-state index in [2.05, 4.69) is 34.2 Å². The highest BCUT2D eigenvalue weighted by molar-refractivity contribution is 7.16. The van der Waals surface area contributed by atoms with Crippen LogP contribution in [0.3, 0.4) is 0 Å². The van der Waals surface area contributed by atoms with Gasteiger partial charge in [0.15, 0.2) is 5.76 Å². The summed E-state index contributed by atoms with van der Waals surface area (Å²) in [5.74, 6) is 1.03. The number of nitrogens with zero attached hydrogens (tertiary/aromatic N) is 2. The molecule has 2 aliphatic rings. The summed E-state index contributed by atoms with van der Waals surface area (Å²) in [5, 5.41) is 4.17. The summed E-state index contributed by atoms with van der Waals surface area (Å²) < 4.78 is 11.2. The smallest absolute Gasteiger partial charge is 0.291 e. The lowest BCUT2D eigenvalue weighted by Gasteiger charge is -2.40. The number of methoxy groups -OCH3 is 1. The molecule has 6 nitrogen and oxygen atoms in total. The number of hydrogen-bond donors (Lipinski definition) is 1. The number of nitrogens with one attached hydrogen (secondary N) is 1. The number of furan rings is 1. The van der Waals surface area contributed by atoms with Crippen molar-refractivity contribution in [2.24, 2.45) is 0 Å². The highest BCUT2D eigenvalue weighted by Gasteiger charge is 2.35. The summed E-state index contributed by atoms with van der Waals surface area (Å²) in [6.07, 6.45) is 6.06. The number of rotatable bonds is 7. The van der Waals surface area contributed by atoms with Crippen molar-refractivity contribution in [3.8, 4) is 5.75 Å². The first-order valence-electron chi connectivity index (χ1n) is 12.3. The fourth-order valence-electron chi connectivity index (χ4n) is 5.31. The maximum absolute atomic E-state index is 13.0. The first kappa shape index (κ1) is 23.1. The minimum atomic E-state index is -0.195. The van der Waals surface area contributed by atoms with Gasteiger partial charge in [-0.3, -0.25) is 9.69 Å². The molecule has 1 aromatic carbocycles. The Bertz CT molecular complexity index is 1120. The van der Waals surface area contributed by atoms with Gasteiger partial charge in [0, 0.05) is 42.2 Å². The van der Waals surface area contributed by atoms with Crippen molar-refractivity contribution < 1.29 is 13.9 Å². The molecule has 34 heavy (non-hydrogen) atoms. The third-order valence-corrected chi connectivity index (χ3v) is 8.33. The van der Waals surface area contributed by atoms with Gasteiger partial charge < -0.3 is 19.4 Å². The molecular weight excluding hydrogens is 446 g/mol. The average Bonchev–Trinajstić information content (AvgIpc) is 3.54. The van der Waals surface area contributed by atoms with Crippen LogP contribution < -0.4 is 10.1 Å². The molecule has 180 valence electrons. The van der Waals surface area contributed by atoms with Crippen molar-refractivity contribution in [2.75, 3.05) is 45.2 Å². The third-order valence-electron chi connectivity index (χ3n) is 7.11. The standard InChI is InChI=1S/C27H33N3O3S/c1-3-29-14-16-30(17-15-29)25(19-9-4-6-11-21(19)32-2)24-20-10-5-7-13-23(20)34-27(24)28-26(31)22-12-8-18-33-22/h4,6,8-9,11-12,18,25H,3,5,7,10,13-17H2,1-2H3,(H,28,31). The highest BCUT2D eigenvalue weighted by atomic mass is 32.1. The van der Waals surface area contributed by atoms with Gasteiger partial charge >= 0.3 is 0 Å². The minimum absolute atomic E-state index is 0.0279. The van der Waals surface area contributed by atoms with Crippen molar-refractivity contribution in [3.05, 3.63) is 70.0 Å². The zero-order valence-electron chi connectivity index (χ0n) is 20.0. The number of carbonyl (C=O) groups excluding carboxylic acids is 1. The molecule has 0 saturated carbocycles. The van der Waals surface area contributed by atoms with Crippen molar-refractivity contribution >= 4 is 22.2 Å². The van der Waals surface area contributed by atoms with Crippen LogP contribution in [0.25, 0.3) is 0 Å². The summed E-state index contributed by atoms with van der Waals surface area (Å²) in [7, 11) is 1.74. The maximum Gasteiger partial charge on any atom is 0.291 e. The van der Waals surface area contributed by atoms with E-state index >= 15 is 0 Å². The van der Waals surface area contributed by atoms with Gasteiger partial charge in [0.1, 0.15) is 10.8 Å². The van der Waals surface area contributed by atoms with Gasteiger partial charge in [-0.2, -0.15) is 0 Å². The summed E-state index contributed by atoms with van der Waals surface area (Å²) in [6.45, 7) is 7.35. The van der Waals surface area contributed by atoms with Gasteiger partial charge in [-0.25, -0.2) is 0 Å². The van der Waals surface area contributed by atoms with Gasteiger partial charge in [0.05, 0.1) is 19.4 Å². The molecular formula is C27H33N3O3S. The molecule has 5 rings (SSSR count). The molecule has 1 N–H and O–H groups in total. The molecule has 0 radical (unpaired) electrons. The second-order valence-corrected chi connectivity index (χ2v) is 10.1. The molecule has 3 heterocycles. The van der Waals surface area contributed by atoms with Crippen LogP contribution in [0.1, 0.15) is 57.9 Å². The number of ether oxygens (including phenoxy) is 1. The van der Waals surface area contributed by atoms with E-state index in [1.54, 1.807) is 36.8 Å². The largest absolute Gasteiger partial charge is 0.496 e. The molecule has 0 bridgehead atoms. The summed E-state index contributed by atoms with van der Waals surface area (Å²) >= 11 is 1.74. The Balaban J connectivity index is 1.61. The van der Waals surface area contributed by atoms with Crippen LogP contribution >= 0.6 is 11.3 Å². The van der Waals surface area contributed by atoms with Gasteiger partial charge in [0.2, 0.25) is 0 Å². The molecule has 3 aromatic rings. The lowest BCUT2D eigenvalue weighted by Crippen LogP contribution is -2.47. The van der Waals surface area contributed by atoms with Crippen LogP contribution in [0.15, 0.2) is 47.1 Å². The lowest BCUT2D eigenvalue weighted by atomic mass is 9.88. The topological polar surface area (TPSA) is 58.0 Å². The van der Waals surface area contributed by atoms with E-state index in [-0.39, 0.29) is 11.9 Å². The van der Waals surface area contributed by atoms with E-state index in [1.165, 1.54) is 28.8 Å². The maximum atomic E-state index is 13.0. The predicted molar refractivity (Wildman–Crippen MR) is 136 cm³/mol. The molecule has 0 spiro atoms. The number of likely N-dealkylation sites (N-methyl/N-ethyl adjacent to an activating group) is 1. The Morgan fingerprint density at radius 3 is 2.65 bits per heavy atom. The molecule has 2 aromatic heterocycles.